The van der Waals surface area contributed by atoms with Crippen LogP contribution in [0.2, 0.25) is 0 Å². The number of hydrogen-bond donors (Lipinski definition) is 1. The minimum atomic E-state index is -0.301. The summed E-state index contributed by atoms with van der Waals surface area (Å²) in [5.74, 6) is 0.567. The summed E-state index contributed by atoms with van der Waals surface area (Å²) in [5.41, 5.74) is 0.246. The van der Waals surface area contributed by atoms with Crippen molar-refractivity contribution >= 4 is 11.8 Å². The fourth-order valence-electron chi connectivity index (χ4n) is 3.16. The lowest BCUT2D eigenvalue weighted by Gasteiger charge is -2.46. The van der Waals surface area contributed by atoms with Crippen molar-refractivity contribution in [2.75, 3.05) is 6.54 Å². The number of nitrogens with one attached hydrogen (secondary N) is 1. The van der Waals surface area contributed by atoms with E-state index >= 15 is 0 Å². The van der Waals surface area contributed by atoms with Gasteiger partial charge in [-0.05, 0) is 43.9 Å². The maximum Gasteiger partial charge on any atom is 0.246 e. The summed E-state index contributed by atoms with van der Waals surface area (Å²) in [6.45, 7) is 4.83. The second-order valence-corrected chi connectivity index (χ2v) is 6.63. The maximum atomic E-state index is 12.5. The molecule has 0 aromatic carbocycles. The molecular weight excluding hydrogens is 228 g/mol. The van der Waals surface area contributed by atoms with Crippen molar-refractivity contribution in [3.63, 3.8) is 0 Å². The number of hydrogen-bond acceptors (Lipinski definition) is 2. The molecule has 2 atom stereocenters. The number of amides is 2. The van der Waals surface area contributed by atoms with Gasteiger partial charge in [0.25, 0.3) is 0 Å². The monoisotopic (exact) mass is 250 g/mol. The van der Waals surface area contributed by atoms with Crippen LogP contribution in [0.5, 0.6) is 0 Å². The van der Waals surface area contributed by atoms with Crippen LogP contribution in [-0.4, -0.2) is 35.3 Å². The molecule has 1 N–H and O–H groups in total. The van der Waals surface area contributed by atoms with Gasteiger partial charge in [-0.1, -0.05) is 13.3 Å². The van der Waals surface area contributed by atoms with Crippen LogP contribution in [0, 0.1) is 11.3 Å². The lowest BCUT2D eigenvalue weighted by Crippen LogP contribution is -2.64. The molecule has 100 valence electrons. The van der Waals surface area contributed by atoms with E-state index in [0.29, 0.717) is 5.92 Å². The first-order valence-electron chi connectivity index (χ1n) is 7.11. The molecule has 0 bridgehead atoms. The van der Waals surface area contributed by atoms with Crippen molar-refractivity contribution in [2.45, 2.75) is 58.0 Å². The first-order valence-corrected chi connectivity index (χ1v) is 7.11. The van der Waals surface area contributed by atoms with Crippen LogP contribution in [0.15, 0.2) is 0 Å². The van der Waals surface area contributed by atoms with E-state index in [2.05, 4.69) is 12.2 Å². The SMILES string of the molecule is CC1C(=O)NC(C2CC2)C(=O)N1CC1(C)CCC1. The summed E-state index contributed by atoms with van der Waals surface area (Å²) < 4.78 is 0. The number of nitrogens with zero attached hydrogens (tertiary/aromatic N) is 1. The maximum absolute atomic E-state index is 12.5. The highest BCUT2D eigenvalue weighted by molar-refractivity contribution is 5.97. The summed E-state index contributed by atoms with van der Waals surface area (Å²) in [5, 5.41) is 2.90. The minimum absolute atomic E-state index is 0.0226. The quantitative estimate of drug-likeness (QED) is 0.821. The molecular formula is C14H22N2O2. The van der Waals surface area contributed by atoms with Gasteiger partial charge in [0.1, 0.15) is 12.1 Å². The van der Waals surface area contributed by atoms with Crippen LogP contribution in [0.4, 0.5) is 0 Å². The Labute approximate surface area is 108 Å². The lowest BCUT2D eigenvalue weighted by molar-refractivity contribution is -0.152. The molecule has 1 heterocycles. The predicted molar refractivity (Wildman–Crippen MR) is 67.8 cm³/mol. The Morgan fingerprint density at radius 1 is 1.33 bits per heavy atom. The van der Waals surface area contributed by atoms with Gasteiger partial charge in [-0.2, -0.15) is 0 Å². The third-order valence-corrected chi connectivity index (χ3v) is 4.90. The molecule has 0 aromatic heterocycles. The van der Waals surface area contributed by atoms with E-state index in [9.17, 15) is 9.59 Å². The number of rotatable bonds is 3. The molecule has 4 nitrogen and oxygen atoms in total. The van der Waals surface area contributed by atoms with Gasteiger partial charge in [0.15, 0.2) is 0 Å². The molecule has 18 heavy (non-hydrogen) atoms. The van der Waals surface area contributed by atoms with E-state index in [1.807, 2.05) is 11.8 Å². The Hall–Kier alpha value is -1.06. The first kappa shape index (κ1) is 12.0. The van der Waals surface area contributed by atoms with Crippen LogP contribution in [0.1, 0.15) is 46.0 Å². The fourth-order valence-corrected chi connectivity index (χ4v) is 3.16. The van der Waals surface area contributed by atoms with Gasteiger partial charge in [0.2, 0.25) is 11.8 Å². The largest absolute Gasteiger partial charge is 0.342 e. The van der Waals surface area contributed by atoms with Crippen molar-refractivity contribution in [1.29, 1.82) is 0 Å². The Morgan fingerprint density at radius 3 is 2.50 bits per heavy atom. The van der Waals surface area contributed by atoms with Crippen molar-refractivity contribution in [2.24, 2.45) is 11.3 Å². The average molecular weight is 250 g/mol. The van der Waals surface area contributed by atoms with Crippen LogP contribution in [-0.2, 0) is 9.59 Å². The zero-order valence-electron chi connectivity index (χ0n) is 11.2. The highest BCUT2D eigenvalue weighted by atomic mass is 16.2. The molecule has 4 heteroatoms. The molecule has 2 aliphatic carbocycles. The molecule has 2 saturated carbocycles. The summed E-state index contributed by atoms with van der Waals surface area (Å²) in [4.78, 5) is 26.3. The third kappa shape index (κ3) is 1.91. The number of piperazine rings is 1. The molecule has 0 radical (unpaired) electrons. The summed E-state index contributed by atoms with van der Waals surface area (Å²) in [6, 6.07) is -0.540. The van der Waals surface area contributed by atoms with Gasteiger partial charge >= 0.3 is 0 Å². The molecule has 2 amide bonds. The van der Waals surface area contributed by atoms with Crippen LogP contribution < -0.4 is 5.32 Å². The number of carbonyl (C=O) groups excluding carboxylic acids is 2. The van der Waals surface area contributed by atoms with E-state index < -0.39 is 0 Å². The van der Waals surface area contributed by atoms with Crippen molar-refractivity contribution in [1.82, 2.24) is 10.2 Å². The Morgan fingerprint density at radius 2 is 2.00 bits per heavy atom. The average Bonchev–Trinajstić information content (AvgIpc) is 3.11. The Balaban J connectivity index is 1.76. The van der Waals surface area contributed by atoms with E-state index in [1.54, 1.807) is 0 Å². The van der Waals surface area contributed by atoms with E-state index in [-0.39, 0.29) is 29.3 Å². The van der Waals surface area contributed by atoms with Gasteiger partial charge < -0.3 is 10.2 Å². The van der Waals surface area contributed by atoms with Gasteiger partial charge in [-0.3, -0.25) is 9.59 Å². The number of carbonyl (C=O) groups is 2. The van der Waals surface area contributed by atoms with Crippen molar-refractivity contribution < 1.29 is 9.59 Å². The predicted octanol–water partition coefficient (Wildman–Crippen LogP) is 1.30. The standard InChI is InChI=1S/C14H22N2O2/c1-9-12(17)15-11(10-4-5-10)13(18)16(9)8-14(2)6-3-7-14/h9-11H,3-8H2,1-2H3,(H,15,17). The molecule has 3 rings (SSSR count). The molecule has 2 unspecified atom stereocenters. The summed E-state index contributed by atoms with van der Waals surface area (Å²) in [7, 11) is 0. The molecule has 0 spiro atoms. The van der Waals surface area contributed by atoms with Gasteiger partial charge in [0, 0.05) is 6.54 Å². The van der Waals surface area contributed by atoms with Gasteiger partial charge in [-0.25, -0.2) is 0 Å². The van der Waals surface area contributed by atoms with Gasteiger partial charge in [-0.15, -0.1) is 0 Å². The molecule has 3 aliphatic rings. The zero-order chi connectivity index (χ0) is 12.9. The van der Waals surface area contributed by atoms with E-state index in [0.717, 1.165) is 19.4 Å². The highest BCUT2D eigenvalue weighted by Gasteiger charge is 2.47. The van der Waals surface area contributed by atoms with Gasteiger partial charge in [0.05, 0.1) is 0 Å². The minimum Gasteiger partial charge on any atom is -0.342 e. The first-order chi connectivity index (χ1) is 8.50. The normalized spacial score (nSPS) is 35.1. The molecule has 0 aromatic rings. The topological polar surface area (TPSA) is 49.4 Å². The van der Waals surface area contributed by atoms with Crippen LogP contribution >= 0.6 is 0 Å². The fraction of sp³-hybridized carbons (Fsp3) is 0.857. The second-order valence-electron chi connectivity index (χ2n) is 6.63. The molecule has 3 fully saturated rings. The van der Waals surface area contributed by atoms with Crippen molar-refractivity contribution in [3.8, 4) is 0 Å². The summed E-state index contributed by atoms with van der Waals surface area (Å²) in [6.07, 6.45) is 5.77. The van der Waals surface area contributed by atoms with Crippen molar-refractivity contribution in [3.05, 3.63) is 0 Å². The zero-order valence-corrected chi connectivity index (χ0v) is 11.2. The molecule has 1 aliphatic heterocycles. The highest BCUT2D eigenvalue weighted by Crippen LogP contribution is 2.42. The smallest absolute Gasteiger partial charge is 0.246 e. The van der Waals surface area contributed by atoms with Crippen LogP contribution in [0.25, 0.3) is 0 Å². The van der Waals surface area contributed by atoms with E-state index in [1.165, 1.54) is 19.3 Å². The van der Waals surface area contributed by atoms with E-state index in [4.69, 9.17) is 0 Å². The Kier molecular flexibility index (Phi) is 2.65. The summed E-state index contributed by atoms with van der Waals surface area (Å²) >= 11 is 0. The molecule has 1 saturated heterocycles. The van der Waals surface area contributed by atoms with Crippen LogP contribution in [0.3, 0.4) is 0 Å². The third-order valence-electron chi connectivity index (χ3n) is 4.90. The lowest BCUT2D eigenvalue weighted by atomic mass is 9.70. The second kappa shape index (κ2) is 3.97. The Bertz CT molecular complexity index is 385.